The van der Waals surface area contributed by atoms with Crippen molar-refractivity contribution in [3.05, 3.63) is 29.6 Å². The van der Waals surface area contributed by atoms with E-state index in [0.29, 0.717) is 0 Å². The molecule has 5 heteroatoms. The molecule has 0 heterocycles. The number of phenolic OH excluding ortho intramolecular Hbond substituents is 1. The SMILES string of the molecule is O=C(NC1CCCCC1Br)c1c(O)cccc1F. The first-order valence-electron chi connectivity index (χ1n) is 6.02. The molecule has 18 heavy (non-hydrogen) atoms. The van der Waals surface area contributed by atoms with Crippen molar-refractivity contribution in [2.45, 2.75) is 36.6 Å². The van der Waals surface area contributed by atoms with E-state index >= 15 is 0 Å². The van der Waals surface area contributed by atoms with Gasteiger partial charge in [-0.1, -0.05) is 34.8 Å². The Morgan fingerprint density at radius 3 is 2.78 bits per heavy atom. The van der Waals surface area contributed by atoms with Crippen LogP contribution < -0.4 is 5.32 Å². The molecule has 1 amide bonds. The highest BCUT2D eigenvalue weighted by molar-refractivity contribution is 9.09. The molecule has 0 aliphatic heterocycles. The minimum absolute atomic E-state index is 0.00902. The van der Waals surface area contributed by atoms with E-state index < -0.39 is 11.7 Å². The standard InChI is InChI=1S/C13H15BrFNO2/c14-8-4-1-2-6-10(8)16-13(18)12-9(15)5-3-7-11(12)17/h3,5,7-8,10,17H,1-2,4,6H2,(H,16,18). The lowest BCUT2D eigenvalue weighted by molar-refractivity contribution is 0.0923. The minimum Gasteiger partial charge on any atom is -0.507 e. The van der Waals surface area contributed by atoms with Gasteiger partial charge in [-0.15, -0.1) is 0 Å². The largest absolute Gasteiger partial charge is 0.507 e. The van der Waals surface area contributed by atoms with Crippen molar-refractivity contribution in [1.29, 1.82) is 0 Å². The number of alkyl halides is 1. The zero-order chi connectivity index (χ0) is 13.1. The predicted molar refractivity (Wildman–Crippen MR) is 70.5 cm³/mol. The number of nitrogens with one attached hydrogen (secondary N) is 1. The third-order valence-corrected chi connectivity index (χ3v) is 4.31. The average molecular weight is 316 g/mol. The Hall–Kier alpha value is -1.10. The number of rotatable bonds is 2. The molecule has 2 unspecified atom stereocenters. The van der Waals surface area contributed by atoms with Crippen LogP contribution >= 0.6 is 15.9 Å². The summed E-state index contributed by atoms with van der Waals surface area (Å²) in [5.41, 5.74) is -0.275. The molecular weight excluding hydrogens is 301 g/mol. The minimum atomic E-state index is -0.700. The number of phenols is 1. The molecule has 3 nitrogen and oxygen atoms in total. The molecule has 0 radical (unpaired) electrons. The van der Waals surface area contributed by atoms with E-state index in [1.54, 1.807) is 0 Å². The fraction of sp³-hybridized carbons (Fsp3) is 0.462. The van der Waals surface area contributed by atoms with Crippen LogP contribution in [-0.4, -0.2) is 21.9 Å². The summed E-state index contributed by atoms with van der Waals surface area (Å²) >= 11 is 3.52. The first-order chi connectivity index (χ1) is 8.59. The summed E-state index contributed by atoms with van der Waals surface area (Å²) in [5, 5.41) is 12.3. The molecule has 0 saturated heterocycles. The summed E-state index contributed by atoms with van der Waals surface area (Å²) in [6, 6.07) is 3.84. The molecule has 2 atom stereocenters. The van der Waals surface area contributed by atoms with Crippen LogP contribution in [0.15, 0.2) is 18.2 Å². The molecule has 0 aromatic heterocycles. The lowest BCUT2D eigenvalue weighted by atomic mass is 9.95. The molecule has 1 aromatic carbocycles. The second-order valence-electron chi connectivity index (χ2n) is 4.51. The Morgan fingerprint density at radius 2 is 2.11 bits per heavy atom. The number of carbonyl (C=O) groups is 1. The highest BCUT2D eigenvalue weighted by Crippen LogP contribution is 2.26. The first kappa shape index (κ1) is 13.3. The number of carbonyl (C=O) groups excluding carboxylic acids is 1. The number of amides is 1. The number of hydrogen-bond donors (Lipinski definition) is 2. The lowest BCUT2D eigenvalue weighted by Gasteiger charge is -2.28. The summed E-state index contributed by atoms with van der Waals surface area (Å²) in [4.78, 5) is 12.2. The van der Waals surface area contributed by atoms with Gasteiger partial charge in [0.25, 0.3) is 5.91 Å². The van der Waals surface area contributed by atoms with Crippen molar-refractivity contribution >= 4 is 21.8 Å². The zero-order valence-corrected chi connectivity index (χ0v) is 11.4. The van der Waals surface area contributed by atoms with E-state index in [2.05, 4.69) is 21.2 Å². The van der Waals surface area contributed by atoms with Crippen molar-refractivity contribution in [3.8, 4) is 5.75 Å². The number of aromatic hydroxyl groups is 1. The van der Waals surface area contributed by atoms with Gasteiger partial charge in [0.05, 0.1) is 0 Å². The molecule has 1 fully saturated rings. The van der Waals surface area contributed by atoms with Crippen LogP contribution in [0.1, 0.15) is 36.0 Å². The van der Waals surface area contributed by atoms with Crippen molar-refractivity contribution < 1.29 is 14.3 Å². The topological polar surface area (TPSA) is 49.3 Å². The Bertz CT molecular complexity index is 432. The first-order valence-corrected chi connectivity index (χ1v) is 6.93. The molecule has 0 bridgehead atoms. The van der Waals surface area contributed by atoms with Crippen LogP contribution in [0, 0.1) is 5.82 Å². The van der Waals surface area contributed by atoms with Gasteiger partial charge in [0.1, 0.15) is 17.1 Å². The van der Waals surface area contributed by atoms with Crippen molar-refractivity contribution in [2.75, 3.05) is 0 Å². The second-order valence-corrected chi connectivity index (χ2v) is 5.69. The number of hydrogen-bond acceptors (Lipinski definition) is 2. The quantitative estimate of drug-likeness (QED) is 0.824. The number of benzene rings is 1. The maximum Gasteiger partial charge on any atom is 0.258 e. The van der Waals surface area contributed by atoms with E-state index in [-0.39, 0.29) is 22.2 Å². The number of halogens is 2. The maximum absolute atomic E-state index is 13.5. The van der Waals surface area contributed by atoms with Gasteiger partial charge in [0.2, 0.25) is 0 Å². The smallest absolute Gasteiger partial charge is 0.258 e. The highest BCUT2D eigenvalue weighted by Gasteiger charge is 2.26. The summed E-state index contributed by atoms with van der Waals surface area (Å²) in [5.74, 6) is -1.58. The summed E-state index contributed by atoms with van der Waals surface area (Å²) < 4.78 is 13.5. The van der Waals surface area contributed by atoms with Gasteiger partial charge in [-0.05, 0) is 25.0 Å². The van der Waals surface area contributed by atoms with Gasteiger partial charge in [-0.3, -0.25) is 4.79 Å². The van der Waals surface area contributed by atoms with Crippen LogP contribution in [0.4, 0.5) is 4.39 Å². The van der Waals surface area contributed by atoms with Gasteiger partial charge < -0.3 is 10.4 Å². The molecule has 2 N–H and O–H groups in total. The van der Waals surface area contributed by atoms with Crippen LogP contribution in [-0.2, 0) is 0 Å². The second kappa shape index (κ2) is 5.69. The van der Waals surface area contributed by atoms with Gasteiger partial charge in [0.15, 0.2) is 0 Å². The van der Waals surface area contributed by atoms with Crippen LogP contribution in [0.5, 0.6) is 5.75 Å². The maximum atomic E-state index is 13.5. The van der Waals surface area contributed by atoms with Gasteiger partial charge >= 0.3 is 0 Å². The monoisotopic (exact) mass is 315 g/mol. The van der Waals surface area contributed by atoms with Gasteiger partial charge in [0, 0.05) is 10.9 Å². The molecule has 0 spiro atoms. The summed E-state index contributed by atoms with van der Waals surface area (Å²) in [7, 11) is 0. The lowest BCUT2D eigenvalue weighted by Crippen LogP contribution is -2.42. The molecular formula is C13H15BrFNO2. The summed E-state index contributed by atoms with van der Waals surface area (Å²) in [6.07, 6.45) is 4.05. The highest BCUT2D eigenvalue weighted by atomic mass is 79.9. The van der Waals surface area contributed by atoms with Crippen LogP contribution in [0.25, 0.3) is 0 Å². The van der Waals surface area contributed by atoms with Crippen LogP contribution in [0.2, 0.25) is 0 Å². The van der Waals surface area contributed by atoms with Crippen LogP contribution in [0.3, 0.4) is 0 Å². The van der Waals surface area contributed by atoms with E-state index in [4.69, 9.17) is 0 Å². The summed E-state index contributed by atoms with van der Waals surface area (Å²) in [6.45, 7) is 0. The molecule has 1 aliphatic rings. The molecule has 2 rings (SSSR count). The fourth-order valence-corrected chi connectivity index (χ4v) is 2.95. The Kier molecular flexibility index (Phi) is 4.22. The molecule has 1 aliphatic carbocycles. The molecule has 98 valence electrons. The molecule has 1 aromatic rings. The Balaban J connectivity index is 2.12. The Labute approximate surface area is 114 Å². The third-order valence-electron chi connectivity index (χ3n) is 3.22. The fourth-order valence-electron chi connectivity index (χ4n) is 2.23. The van der Waals surface area contributed by atoms with Crippen molar-refractivity contribution in [2.24, 2.45) is 0 Å². The van der Waals surface area contributed by atoms with Crippen molar-refractivity contribution in [1.82, 2.24) is 5.32 Å². The van der Waals surface area contributed by atoms with E-state index in [0.717, 1.165) is 25.7 Å². The Morgan fingerprint density at radius 1 is 1.39 bits per heavy atom. The van der Waals surface area contributed by atoms with E-state index in [1.165, 1.54) is 18.2 Å². The third kappa shape index (κ3) is 2.83. The van der Waals surface area contributed by atoms with E-state index in [9.17, 15) is 14.3 Å². The van der Waals surface area contributed by atoms with Crippen molar-refractivity contribution in [3.63, 3.8) is 0 Å². The predicted octanol–water partition coefficient (Wildman–Crippen LogP) is 2.97. The molecule has 1 saturated carbocycles. The normalized spacial score (nSPS) is 23.7. The van der Waals surface area contributed by atoms with Gasteiger partial charge in [-0.2, -0.15) is 0 Å². The van der Waals surface area contributed by atoms with E-state index in [1.807, 2.05) is 0 Å². The average Bonchev–Trinajstić information content (AvgIpc) is 2.32. The van der Waals surface area contributed by atoms with Gasteiger partial charge in [-0.25, -0.2) is 4.39 Å². The zero-order valence-electron chi connectivity index (χ0n) is 9.83.